The van der Waals surface area contributed by atoms with Crippen LogP contribution >= 0.6 is 11.6 Å². The summed E-state index contributed by atoms with van der Waals surface area (Å²) >= 11 is 5.71. The van der Waals surface area contributed by atoms with Crippen molar-refractivity contribution < 1.29 is 39.6 Å². The van der Waals surface area contributed by atoms with Crippen LogP contribution in [0.1, 0.15) is 34.7 Å². The van der Waals surface area contributed by atoms with Crippen LogP contribution in [0.2, 0.25) is 5.02 Å². The van der Waals surface area contributed by atoms with Gasteiger partial charge in [0.1, 0.15) is 6.33 Å². The number of benzene rings is 1. The van der Waals surface area contributed by atoms with E-state index in [1.54, 1.807) is 0 Å². The van der Waals surface area contributed by atoms with Gasteiger partial charge in [-0.15, -0.1) is 0 Å². The molecule has 1 aromatic carbocycles. The normalized spacial score (nSPS) is 13.5. The van der Waals surface area contributed by atoms with Gasteiger partial charge in [-0.3, -0.25) is 4.79 Å². The second kappa shape index (κ2) is 8.87. The van der Waals surface area contributed by atoms with Crippen molar-refractivity contribution in [2.45, 2.75) is 29.5 Å². The molecule has 1 atom stereocenters. The Morgan fingerprint density at radius 2 is 1.76 bits per heavy atom. The van der Waals surface area contributed by atoms with Gasteiger partial charge in [0.25, 0.3) is 15.7 Å². The third-order valence-corrected chi connectivity index (χ3v) is 6.03. The molecule has 0 bridgehead atoms. The number of amides is 1. The first-order chi connectivity index (χ1) is 15.6. The second-order valence-corrected chi connectivity index (χ2v) is 9.13. The van der Waals surface area contributed by atoms with Crippen molar-refractivity contribution in [3.8, 4) is 5.82 Å². The van der Waals surface area contributed by atoms with Gasteiger partial charge in [-0.05, 0) is 37.3 Å². The minimum atomic E-state index is -5.76. The topological polar surface area (TPSA) is 107 Å². The average molecular weight is 528 g/mol. The zero-order valence-corrected chi connectivity index (χ0v) is 18.3. The molecule has 1 amide bonds. The number of rotatable bonds is 5. The van der Waals surface area contributed by atoms with Gasteiger partial charge < -0.3 is 5.32 Å². The fourth-order valence-corrected chi connectivity index (χ4v) is 3.86. The molecule has 0 saturated carbocycles. The Labute approximate surface area is 192 Å². The van der Waals surface area contributed by atoms with Gasteiger partial charge in [-0.1, -0.05) is 11.6 Å². The number of hydrogen-bond acceptors (Lipinski definition) is 6. The van der Waals surface area contributed by atoms with Gasteiger partial charge in [0, 0.05) is 16.8 Å². The maximum atomic E-state index is 12.9. The number of halogens is 7. The molecule has 8 nitrogen and oxygen atoms in total. The molecule has 2 heterocycles. The van der Waals surface area contributed by atoms with Crippen LogP contribution in [0.25, 0.3) is 5.82 Å². The lowest BCUT2D eigenvalue weighted by atomic mass is 10.2. The SMILES string of the molecule is C[C@@H](NC(=O)c1cc(Cl)cc(S(=O)(=O)C(F)(F)F)c1)c1ncnn1-c1ccc(C(F)(F)F)cn1. The smallest absolute Gasteiger partial charge is 0.342 e. The summed E-state index contributed by atoms with van der Waals surface area (Å²) in [4.78, 5) is 19.0. The van der Waals surface area contributed by atoms with Crippen molar-refractivity contribution in [3.63, 3.8) is 0 Å². The summed E-state index contributed by atoms with van der Waals surface area (Å²) in [5.41, 5.74) is -7.09. The highest BCUT2D eigenvalue weighted by molar-refractivity contribution is 7.92. The van der Waals surface area contributed by atoms with Crippen LogP contribution in [0.3, 0.4) is 0 Å². The highest BCUT2D eigenvalue weighted by atomic mass is 35.5. The van der Waals surface area contributed by atoms with E-state index in [0.717, 1.165) is 29.2 Å². The highest BCUT2D eigenvalue weighted by Gasteiger charge is 2.47. The van der Waals surface area contributed by atoms with Crippen molar-refractivity contribution in [2.75, 3.05) is 0 Å². The first kappa shape index (κ1) is 25.4. The Morgan fingerprint density at radius 3 is 2.32 bits per heavy atom. The molecule has 16 heteroatoms. The number of pyridine rings is 1. The molecule has 2 aromatic heterocycles. The van der Waals surface area contributed by atoms with Crippen LogP contribution in [0, 0.1) is 0 Å². The lowest BCUT2D eigenvalue weighted by Crippen LogP contribution is -2.29. The molecule has 182 valence electrons. The minimum absolute atomic E-state index is 0.0192. The molecule has 0 aliphatic rings. The van der Waals surface area contributed by atoms with Crippen LogP contribution < -0.4 is 5.32 Å². The Balaban J connectivity index is 1.87. The third kappa shape index (κ3) is 5.14. The predicted molar refractivity (Wildman–Crippen MR) is 105 cm³/mol. The molecule has 0 saturated heterocycles. The quantitative estimate of drug-likeness (QED) is 0.500. The first-order valence-corrected chi connectivity index (χ1v) is 10.8. The zero-order valence-electron chi connectivity index (χ0n) is 16.7. The molecular formula is C18H12ClF6N5O3S. The number of nitrogens with zero attached hydrogens (tertiary/aromatic N) is 4. The van der Waals surface area contributed by atoms with E-state index in [1.807, 2.05) is 0 Å². The van der Waals surface area contributed by atoms with E-state index < -0.39 is 54.5 Å². The molecule has 0 aliphatic heterocycles. The molecule has 0 spiro atoms. The number of alkyl halides is 6. The lowest BCUT2D eigenvalue weighted by molar-refractivity contribution is -0.137. The molecule has 1 N–H and O–H groups in total. The van der Waals surface area contributed by atoms with Crippen molar-refractivity contribution in [2.24, 2.45) is 0 Å². The van der Waals surface area contributed by atoms with Crippen molar-refractivity contribution in [1.82, 2.24) is 25.1 Å². The maximum absolute atomic E-state index is 12.9. The molecule has 3 aromatic rings. The molecule has 0 unspecified atom stereocenters. The number of aromatic nitrogens is 4. The summed E-state index contributed by atoms with van der Waals surface area (Å²) in [5, 5.41) is 5.81. The average Bonchev–Trinajstić information content (AvgIpc) is 3.22. The lowest BCUT2D eigenvalue weighted by Gasteiger charge is -2.15. The van der Waals surface area contributed by atoms with Gasteiger partial charge in [-0.2, -0.15) is 36.1 Å². The third-order valence-electron chi connectivity index (χ3n) is 4.35. The summed E-state index contributed by atoms with van der Waals surface area (Å²) < 4.78 is 101. The fraction of sp³-hybridized carbons (Fsp3) is 0.222. The summed E-state index contributed by atoms with van der Waals surface area (Å²) in [6, 6.07) is 2.84. The van der Waals surface area contributed by atoms with Crippen LogP contribution in [0.15, 0.2) is 47.8 Å². The van der Waals surface area contributed by atoms with Crippen LogP contribution in [0.5, 0.6) is 0 Å². The Bertz CT molecular complexity index is 1320. The number of sulfone groups is 1. The van der Waals surface area contributed by atoms with Crippen LogP contribution in [0.4, 0.5) is 26.3 Å². The van der Waals surface area contributed by atoms with Crippen LogP contribution in [-0.4, -0.2) is 39.6 Å². The molecule has 0 radical (unpaired) electrons. The predicted octanol–water partition coefficient (Wildman–Crippen LogP) is 4.12. The van der Waals surface area contributed by atoms with Gasteiger partial charge in [0.15, 0.2) is 11.6 Å². The van der Waals surface area contributed by atoms with E-state index in [1.165, 1.54) is 6.92 Å². The van der Waals surface area contributed by atoms with Crippen molar-refractivity contribution in [1.29, 1.82) is 0 Å². The summed E-state index contributed by atoms with van der Waals surface area (Å²) in [5.74, 6) is -1.03. The highest BCUT2D eigenvalue weighted by Crippen LogP contribution is 2.32. The molecular weight excluding hydrogens is 516 g/mol. The van der Waals surface area contributed by atoms with Gasteiger partial charge >= 0.3 is 11.7 Å². The summed E-state index contributed by atoms with van der Waals surface area (Å²) in [6.45, 7) is 1.40. The van der Waals surface area contributed by atoms with Crippen LogP contribution in [-0.2, 0) is 16.0 Å². The Morgan fingerprint density at radius 1 is 1.09 bits per heavy atom. The van der Waals surface area contributed by atoms with Crippen molar-refractivity contribution >= 4 is 27.3 Å². The monoisotopic (exact) mass is 527 g/mol. The van der Waals surface area contributed by atoms with Gasteiger partial charge in [-0.25, -0.2) is 18.4 Å². The number of carbonyl (C=O) groups excluding carboxylic acids is 1. The largest absolute Gasteiger partial charge is 0.501 e. The van der Waals surface area contributed by atoms with Gasteiger partial charge in [0.2, 0.25) is 0 Å². The Kier molecular flexibility index (Phi) is 6.63. The number of nitrogens with one attached hydrogen (secondary N) is 1. The van der Waals surface area contributed by atoms with E-state index >= 15 is 0 Å². The molecule has 3 rings (SSSR count). The minimum Gasteiger partial charge on any atom is -0.342 e. The van der Waals surface area contributed by atoms with Gasteiger partial charge in [0.05, 0.1) is 16.5 Å². The second-order valence-electron chi connectivity index (χ2n) is 6.75. The van der Waals surface area contributed by atoms with E-state index in [4.69, 9.17) is 11.6 Å². The van der Waals surface area contributed by atoms with E-state index in [-0.39, 0.29) is 11.6 Å². The van der Waals surface area contributed by atoms with Crippen molar-refractivity contribution in [3.05, 3.63) is 64.8 Å². The molecule has 0 fully saturated rings. The summed E-state index contributed by atoms with van der Waals surface area (Å²) in [7, 11) is -5.76. The van der Waals surface area contributed by atoms with E-state index in [9.17, 15) is 39.6 Å². The number of carbonyl (C=O) groups is 1. The fourth-order valence-electron chi connectivity index (χ4n) is 2.73. The molecule has 0 aliphatic carbocycles. The first-order valence-electron chi connectivity index (χ1n) is 8.97. The van der Waals surface area contributed by atoms with E-state index in [2.05, 4.69) is 20.4 Å². The van der Waals surface area contributed by atoms with E-state index in [0.29, 0.717) is 18.3 Å². The zero-order chi connectivity index (χ0) is 25.5. The number of hydrogen-bond donors (Lipinski definition) is 1. The molecule has 34 heavy (non-hydrogen) atoms. The maximum Gasteiger partial charge on any atom is 0.501 e. The Hall–Kier alpha value is -3.20. The standard InChI is InChI=1S/C18H12ClF6N5O3S/c1-9(15-27-8-28-30(15)14-3-2-11(7-26-14)17(20,21)22)29-16(31)10-4-12(19)6-13(5-10)34(32,33)18(23,24)25/h2-9H,1H3,(H,29,31)/t9-/m1/s1. The summed E-state index contributed by atoms with van der Waals surface area (Å²) in [6.07, 6.45) is -2.98.